The lowest BCUT2D eigenvalue weighted by Crippen LogP contribution is -2.39. The number of anilines is 1. The average molecular weight is 435 g/mol. The molecule has 3 rings (SSSR count). The number of hydrogen-bond donors (Lipinski definition) is 1. The van der Waals surface area contributed by atoms with Crippen molar-refractivity contribution < 1.29 is 18.0 Å². The number of thiophene rings is 1. The predicted molar refractivity (Wildman–Crippen MR) is 115 cm³/mol. The van der Waals surface area contributed by atoms with Crippen LogP contribution in [0.1, 0.15) is 47.2 Å². The van der Waals surface area contributed by atoms with E-state index in [-0.39, 0.29) is 29.4 Å². The van der Waals surface area contributed by atoms with Crippen LogP contribution in [0, 0.1) is 12.8 Å². The Labute approximate surface area is 176 Å². The lowest BCUT2D eigenvalue weighted by Gasteiger charge is -2.30. The number of rotatable bonds is 7. The molecule has 1 aromatic carbocycles. The summed E-state index contributed by atoms with van der Waals surface area (Å²) in [5.74, 6) is 0.0421. The maximum atomic E-state index is 12.8. The zero-order valence-electron chi connectivity index (χ0n) is 16.7. The molecule has 2 heterocycles. The first-order chi connectivity index (χ1) is 13.8. The van der Waals surface area contributed by atoms with Crippen molar-refractivity contribution in [3.63, 3.8) is 0 Å². The summed E-state index contributed by atoms with van der Waals surface area (Å²) < 4.78 is 27.1. The van der Waals surface area contributed by atoms with Gasteiger partial charge in [-0.1, -0.05) is 6.92 Å². The SMILES string of the molecule is Cc1ccc(C(=O)CCC(=O)Nc2ccc(S(=O)(=O)N3CCCC(C)C3)cc2)s1. The van der Waals surface area contributed by atoms with Crippen LogP contribution in [0.25, 0.3) is 0 Å². The molecule has 29 heavy (non-hydrogen) atoms. The molecule has 1 saturated heterocycles. The second-order valence-corrected chi connectivity index (χ2v) is 10.7. The fourth-order valence-corrected chi connectivity index (χ4v) is 5.82. The van der Waals surface area contributed by atoms with E-state index < -0.39 is 10.0 Å². The molecule has 2 aromatic rings. The quantitative estimate of drug-likeness (QED) is 0.666. The molecule has 0 saturated carbocycles. The Morgan fingerprint density at radius 3 is 2.48 bits per heavy atom. The number of carbonyl (C=O) groups is 2. The number of aryl methyl sites for hydroxylation is 1. The van der Waals surface area contributed by atoms with E-state index >= 15 is 0 Å². The van der Waals surface area contributed by atoms with Crippen molar-refractivity contribution in [2.45, 2.75) is 44.4 Å². The number of piperidine rings is 1. The van der Waals surface area contributed by atoms with Crippen LogP contribution in [0.2, 0.25) is 0 Å². The second kappa shape index (κ2) is 9.19. The van der Waals surface area contributed by atoms with Crippen molar-refractivity contribution >= 4 is 38.7 Å². The van der Waals surface area contributed by atoms with Crippen LogP contribution in [0.5, 0.6) is 0 Å². The van der Waals surface area contributed by atoms with Crippen LogP contribution in [0.3, 0.4) is 0 Å². The first-order valence-electron chi connectivity index (χ1n) is 9.75. The molecule has 156 valence electrons. The maximum absolute atomic E-state index is 12.8. The highest BCUT2D eigenvalue weighted by atomic mass is 32.2. The van der Waals surface area contributed by atoms with E-state index in [4.69, 9.17) is 0 Å². The van der Waals surface area contributed by atoms with Gasteiger partial charge in [0, 0.05) is 36.5 Å². The third-order valence-electron chi connectivity index (χ3n) is 4.99. The van der Waals surface area contributed by atoms with E-state index in [2.05, 4.69) is 12.2 Å². The summed E-state index contributed by atoms with van der Waals surface area (Å²) in [7, 11) is -3.51. The van der Waals surface area contributed by atoms with E-state index in [0.717, 1.165) is 17.7 Å². The number of carbonyl (C=O) groups excluding carboxylic acids is 2. The molecule has 8 heteroatoms. The molecule has 6 nitrogen and oxygen atoms in total. The number of nitrogens with zero attached hydrogens (tertiary/aromatic N) is 1. The van der Waals surface area contributed by atoms with Gasteiger partial charge in [0.05, 0.1) is 9.77 Å². The summed E-state index contributed by atoms with van der Waals surface area (Å²) in [5, 5.41) is 2.72. The van der Waals surface area contributed by atoms with Gasteiger partial charge >= 0.3 is 0 Å². The van der Waals surface area contributed by atoms with Gasteiger partial charge in [0.2, 0.25) is 15.9 Å². The number of hydrogen-bond acceptors (Lipinski definition) is 5. The number of benzene rings is 1. The van der Waals surface area contributed by atoms with Gasteiger partial charge in [0.1, 0.15) is 0 Å². The summed E-state index contributed by atoms with van der Waals surface area (Å²) >= 11 is 1.42. The minimum Gasteiger partial charge on any atom is -0.326 e. The molecule has 1 unspecified atom stereocenters. The monoisotopic (exact) mass is 434 g/mol. The Morgan fingerprint density at radius 2 is 1.86 bits per heavy atom. The molecule has 0 aliphatic carbocycles. The largest absolute Gasteiger partial charge is 0.326 e. The Balaban J connectivity index is 1.55. The van der Waals surface area contributed by atoms with Crippen LogP contribution in [0.4, 0.5) is 5.69 Å². The summed E-state index contributed by atoms with van der Waals surface area (Å²) in [5.41, 5.74) is 0.514. The first kappa shape index (κ1) is 21.7. The first-order valence-corrected chi connectivity index (χ1v) is 12.0. The molecule has 1 N–H and O–H groups in total. The number of ketones is 1. The van der Waals surface area contributed by atoms with Gasteiger partial charge in [-0.25, -0.2) is 8.42 Å². The van der Waals surface area contributed by atoms with Gasteiger partial charge < -0.3 is 5.32 Å². The van der Waals surface area contributed by atoms with Gasteiger partial charge in [0.25, 0.3) is 0 Å². The minimum absolute atomic E-state index is 0.0459. The topological polar surface area (TPSA) is 83.5 Å². The molecular formula is C21H26N2O4S2. The van der Waals surface area contributed by atoms with Crippen LogP contribution < -0.4 is 5.32 Å². The van der Waals surface area contributed by atoms with Crippen molar-refractivity contribution in [3.8, 4) is 0 Å². The van der Waals surface area contributed by atoms with E-state index in [0.29, 0.717) is 29.6 Å². The summed E-state index contributed by atoms with van der Waals surface area (Å²) in [4.78, 5) is 26.2. The summed E-state index contributed by atoms with van der Waals surface area (Å²) in [6.07, 6.45) is 2.15. The molecule has 1 aliphatic heterocycles. The van der Waals surface area contributed by atoms with Crippen LogP contribution >= 0.6 is 11.3 Å². The normalized spacial score (nSPS) is 17.8. The molecule has 0 bridgehead atoms. The van der Waals surface area contributed by atoms with Gasteiger partial charge in [-0.05, 0) is 62.1 Å². The van der Waals surface area contributed by atoms with Crippen LogP contribution in [0.15, 0.2) is 41.3 Å². The molecule has 1 aliphatic rings. The highest BCUT2D eigenvalue weighted by molar-refractivity contribution is 7.89. The van der Waals surface area contributed by atoms with E-state index in [1.807, 2.05) is 13.0 Å². The number of sulfonamides is 1. The number of amides is 1. The summed E-state index contributed by atoms with van der Waals surface area (Å²) in [6, 6.07) is 9.87. The van der Waals surface area contributed by atoms with Crippen molar-refractivity contribution in [1.29, 1.82) is 0 Å². The molecule has 1 aromatic heterocycles. The Kier molecular flexibility index (Phi) is 6.87. The highest BCUT2D eigenvalue weighted by Crippen LogP contribution is 2.24. The van der Waals surface area contributed by atoms with Gasteiger partial charge in [-0.3, -0.25) is 9.59 Å². The van der Waals surface area contributed by atoms with E-state index in [1.165, 1.54) is 27.8 Å². The Morgan fingerprint density at radius 1 is 1.14 bits per heavy atom. The average Bonchev–Trinajstić information content (AvgIpc) is 3.13. The fraction of sp³-hybridized carbons (Fsp3) is 0.429. The van der Waals surface area contributed by atoms with Crippen molar-refractivity contribution in [1.82, 2.24) is 4.31 Å². The highest BCUT2D eigenvalue weighted by Gasteiger charge is 2.28. The van der Waals surface area contributed by atoms with E-state index in [1.54, 1.807) is 18.2 Å². The van der Waals surface area contributed by atoms with E-state index in [9.17, 15) is 18.0 Å². The third-order valence-corrected chi connectivity index (χ3v) is 7.91. The maximum Gasteiger partial charge on any atom is 0.243 e. The molecular weight excluding hydrogens is 408 g/mol. The standard InChI is InChI=1S/C21H26N2O4S2/c1-15-4-3-13-23(14-15)29(26,27)18-8-6-17(7-9-18)22-21(25)12-10-19(24)20-11-5-16(2)28-20/h5-9,11,15H,3-4,10,12-14H2,1-2H3,(H,22,25). The smallest absolute Gasteiger partial charge is 0.243 e. The third kappa shape index (κ3) is 5.52. The molecule has 0 spiro atoms. The van der Waals surface area contributed by atoms with Crippen LogP contribution in [-0.2, 0) is 14.8 Å². The molecule has 1 amide bonds. The second-order valence-electron chi connectivity index (χ2n) is 7.52. The predicted octanol–water partition coefficient (Wildman–Crippen LogP) is 4.08. The Hall–Kier alpha value is -2.03. The summed E-state index contributed by atoms with van der Waals surface area (Å²) in [6.45, 7) is 5.08. The molecule has 1 atom stereocenters. The van der Waals surface area contributed by atoms with Gasteiger partial charge in [-0.2, -0.15) is 4.31 Å². The van der Waals surface area contributed by atoms with Crippen molar-refractivity contribution in [3.05, 3.63) is 46.2 Å². The molecule has 1 fully saturated rings. The number of Topliss-reactive ketones (excluding diaryl/α,β-unsaturated/α-hetero) is 1. The Bertz CT molecular complexity index is 980. The zero-order valence-corrected chi connectivity index (χ0v) is 18.3. The zero-order chi connectivity index (χ0) is 21.0. The lowest BCUT2D eigenvalue weighted by molar-refractivity contribution is -0.116. The van der Waals surface area contributed by atoms with Crippen LogP contribution in [-0.4, -0.2) is 37.5 Å². The number of nitrogens with one attached hydrogen (secondary N) is 1. The van der Waals surface area contributed by atoms with Crippen molar-refractivity contribution in [2.24, 2.45) is 5.92 Å². The minimum atomic E-state index is -3.51. The van der Waals surface area contributed by atoms with Crippen molar-refractivity contribution in [2.75, 3.05) is 18.4 Å². The molecule has 0 radical (unpaired) electrons. The van der Waals surface area contributed by atoms with Gasteiger partial charge in [-0.15, -0.1) is 11.3 Å². The fourth-order valence-electron chi connectivity index (χ4n) is 3.38. The van der Waals surface area contributed by atoms with Gasteiger partial charge in [0.15, 0.2) is 5.78 Å². The lowest BCUT2D eigenvalue weighted by atomic mass is 10.0.